The Morgan fingerprint density at radius 1 is 1.07 bits per heavy atom. The molecule has 0 aliphatic heterocycles. The van der Waals surface area contributed by atoms with Gasteiger partial charge in [-0.3, -0.25) is 4.31 Å². The number of halogens is 1. The molecule has 8 heteroatoms. The van der Waals surface area contributed by atoms with Gasteiger partial charge in [0.25, 0.3) is 10.0 Å². The van der Waals surface area contributed by atoms with Crippen LogP contribution in [-0.4, -0.2) is 34.5 Å². The highest BCUT2D eigenvalue weighted by Crippen LogP contribution is 2.29. The Bertz CT molecular complexity index is 825. The molecule has 0 fully saturated rings. The van der Waals surface area contributed by atoms with Gasteiger partial charge in [-0.15, -0.1) is 0 Å². The first-order valence-electron chi connectivity index (χ1n) is 8.73. The van der Waals surface area contributed by atoms with Crippen LogP contribution in [0.2, 0.25) is 0 Å². The first-order valence-corrected chi connectivity index (χ1v) is 11.0. The molecule has 0 spiro atoms. The molecule has 6 nitrogen and oxygen atoms in total. The first-order chi connectivity index (χ1) is 12.9. The minimum atomic E-state index is -3.80. The van der Waals surface area contributed by atoms with Gasteiger partial charge < -0.3 is 15.2 Å². The molecule has 2 aromatic carbocycles. The molecule has 0 unspecified atom stereocenters. The fraction of sp³-hybridized carbons (Fsp3) is 0.368. The average Bonchev–Trinajstić information content (AvgIpc) is 2.67. The van der Waals surface area contributed by atoms with E-state index in [1.54, 1.807) is 42.5 Å². The van der Waals surface area contributed by atoms with Gasteiger partial charge in [0.1, 0.15) is 0 Å². The van der Waals surface area contributed by atoms with Crippen LogP contribution in [0.25, 0.3) is 0 Å². The number of nitrogens with two attached hydrogens (primary N) is 1. The van der Waals surface area contributed by atoms with Gasteiger partial charge in [-0.2, -0.15) is 0 Å². The highest BCUT2D eigenvalue weighted by atomic mass is 79.9. The van der Waals surface area contributed by atoms with Crippen molar-refractivity contribution < 1.29 is 17.9 Å². The van der Waals surface area contributed by atoms with Crippen molar-refractivity contribution in [2.75, 3.05) is 24.1 Å². The van der Waals surface area contributed by atoms with Crippen molar-refractivity contribution in [3.63, 3.8) is 0 Å². The molecule has 0 heterocycles. The second-order valence-electron chi connectivity index (χ2n) is 5.67. The number of ether oxygens (including phenoxy) is 2. The summed E-state index contributed by atoms with van der Waals surface area (Å²) in [6.07, 6.45) is -0.675. The van der Waals surface area contributed by atoms with Crippen LogP contribution < -0.4 is 10.0 Å². The highest BCUT2D eigenvalue weighted by molar-refractivity contribution is 9.10. The lowest BCUT2D eigenvalue weighted by molar-refractivity contribution is -0.128. The third kappa shape index (κ3) is 5.52. The molecule has 2 N–H and O–H groups in total. The smallest absolute Gasteiger partial charge is 0.264 e. The van der Waals surface area contributed by atoms with Gasteiger partial charge in [0.2, 0.25) is 0 Å². The molecule has 0 saturated carbocycles. The van der Waals surface area contributed by atoms with Crippen LogP contribution >= 0.6 is 15.9 Å². The van der Waals surface area contributed by atoms with Gasteiger partial charge in [-0.25, -0.2) is 8.42 Å². The summed E-state index contributed by atoms with van der Waals surface area (Å²) in [5, 5.41) is 0. The van der Waals surface area contributed by atoms with E-state index in [0.29, 0.717) is 25.4 Å². The number of nitrogens with zero attached hydrogens (tertiary/aromatic N) is 1. The summed E-state index contributed by atoms with van der Waals surface area (Å²) in [6, 6.07) is 13.6. The van der Waals surface area contributed by atoms with E-state index < -0.39 is 16.3 Å². The zero-order valence-electron chi connectivity index (χ0n) is 15.5. The normalized spacial score (nSPS) is 11.7. The summed E-state index contributed by atoms with van der Waals surface area (Å²) < 4.78 is 39.9. The van der Waals surface area contributed by atoms with E-state index in [1.807, 2.05) is 19.9 Å². The Kier molecular flexibility index (Phi) is 8.25. The molecular weight excluding hydrogens is 432 g/mol. The Balaban J connectivity index is 2.49. The maximum Gasteiger partial charge on any atom is 0.264 e. The van der Waals surface area contributed by atoms with Crippen molar-refractivity contribution in [1.82, 2.24) is 0 Å². The van der Waals surface area contributed by atoms with Crippen molar-refractivity contribution in [1.29, 1.82) is 0 Å². The minimum Gasteiger partial charge on any atom is -0.351 e. The van der Waals surface area contributed by atoms with Crippen LogP contribution in [0.5, 0.6) is 0 Å². The molecule has 0 atom stereocenters. The van der Waals surface area contributed by atoms with Gasteiger partial charge >= 0.3 is 0 Å². The van der Waals surface area contributed by atoms with E-state index in [1.165, 1.54) is 4.31 Å². The van der Waals surface area contributed by atoms with E-state index in [2.05, 4.69) is 15.9 Å². The van der Waals surface area contributed by atoms with Crippen molar-refractivity contribution in [3.05, 3.63) is 58.6 Å². The topological polar surface area (TPSA) is 81.9 Å². The summed E-state index contributed by atoms with van der Waals surface area (Å²) in [7, 11) is -3.80. The van der Waals surface area contributed by atoms with E-state index in [4.69, 9.17) is 15.2 Å². The van der Waals surface area contributed by atoms with Crippen molar-refractivity contribution in [3.8, 4) is 0 Å². The first kappa shape index (κ1) is 21.8. The van der Waals surface area contributed by atoms with Crippen LogP contribution in [0, 0.1) is 0 Å². The summed E-state index contributed by atoms with van der Waals surface area (Å²) in [5.74, 6) is 0. The average molecular weight is 457 g/mol. The van der Waals surface area contributed by atoms with Crippen LogP contribution in [0.4, 0.5) is 5.69 Å². The zero-order chi connectivity index (χ0) is 19.9. The highest BCUT2D eigenvalue weighted by Gasteiger charge is 2.28. The molecule has 27 heavy (non-hydrogen) atoms. The molecule has 0 saturated heterocycles. The van der Waals surface area contributed by atoms with E-state index in [0.717, 1.165) is 10.0 Å². The molecule has 2 rings (SSSR count). The van der Waals surface area contributed by atoms with E-state index >= 15 is 0 Å². The second kappa shape index (κ2) is 10.2. The number of sulfonamides is 1. The predicted octanol–water partition coefficient (Wildman–Crippen LogP) is 3.50. The molecule has 148 valence electrons. The standard InChI is InChI=1S/C19H25BrN2O4S/c1-3-25-19(26-4-2)14-22(16-11-10-15(13-21)18(20)12-16)27(23,24)17-8-6-5-7-9-17/h5-12,19H,3-4,13-14,21H2,1-2H3. The van der Waals surface area contributed by atoms with Gasteiger partial charge in [0.05, 0.1) is 17.1 Å². The lowest BCUT2D eigenvalue weighted by atomic mass is 10.2. The van der Waals surface area contributed by atoms with Crippen LogP contribution in [0.15, 0.2) is 57.9 Å². The Hall–Kier alpha value is -1.45. The summed E-state index contributed by atoms with van der Waals surface area (Å²) in [6.45, 7) is 4.91. The quantitative estimate of drug-likeness (QED) is 0.553. The van der Waals surface area contributed by atoms with E-state index in [9.17, 15) is 8.42 Å². The Morgan fingerprint density at radius 3 is 2.22 bits per heavy atom. The molecule has 2 aromatic rings. The number of benzene rings is 2. The number of rotatable bonds is 10. The van der Waals surface area contributed by atoms with E-state index in [-0.39, 0.29) is 11.4 Å². The van der Waals surface area contributed by atoms with Gasteiger partial charge in [-0.05, 0) is 43.7 Å². The van der Waals surface area contributed by atoms with Gasteiger partial charge in [0.15, 0.2) is 6.29 Å². The molecular formula is C19H25BrN2O4S. The lowest BCUT2D eigenvalue weighted by Gasteiger charge is -2.29. The summed E-state index contributed by atoms with van der Waals surface area (Å²) in [5.41, 5.74) is 7.11. The molecule has 0 aliphatic carbocycles. The molecule has 0 amide bonds. The third-order valence-corrected chi connectivity index (χ3v) is 6.44. The van der Waals surface area contributed by atoms with Crippen molar-refractivity contribution >= 4 is 31.6 Å². The number of anilines is 1. The third-order valence-electron chi connectivity index (χ3n) is 3.90. The van der Waals surface area contributed by atoms with Gasteiger partial charge in [0, 0.05) is 24.2 Å². The van der Waals surface area contributed by atoms with Crippen molar-refractivity contribution in [2.45, 2.75) is 31.6 Å². The largest absolute Gasteiger partial charge is 0.351 e. The maximum absolute atomic E-state index is 13.3. The van der Waals surface area contributed by atoms with Crippen LogP contribution in [0.3, 0.4) is 0 Å². The number of hydrogen-bond donors (Lipinski definition) is 1. The maximum atomic E-state index is 13.3. The lowest BCUT2D eigenvalue weighted by Crippen LogP contribution is -2.40. The Morgan fingerprint density at radius 2 is 1.70 bits per heavy atom. The van der Waals surface area contributed by atoms with Crippen LogP contribution in [0.1, 0.15) is 19.4 Å². The molecule has 0 aromatic heterocycles. The fourth-order valence-corrected chi connectivity index (χ4v) is 4.57. The van der Waals surface area contributed by atoms with Crippen molar-refractivity contribution in [2.24, 2.45) is 5.73 Å². The van der Waals surface area contributed by atoms with Crippen LogP contribution in [-0.2, 0) is 26.0 Å². The Labute approximate surface area is 169 Å². The molecule has 0 radical (unpaired) electrons. The monoisotopic (exact) mass is 456 g/mol. The molecule has 0 aliphatic rings. The number of hydrogen-bond acceptors (Lipinski definition) is 5. The minimum absolute atomic E-state index is 0.0350. The zero-order valence-corrected chi connectivity index (χ0v) is 17.9. The predicted molar refractivity (Wildman–Crippen MR) is 110 cm³/mol. The second-order valence-corrected chi connectivity index (χ2v) is 8.39. The SMILES string of the molecule is CCOC(CN(c1ccc(CN)c(Br)c1)S(=O)(=O)c1ccccc1)OCC. The summed E-state index contributed by atoms with van der Waals surface area (Å²) in [4.78, 5) is 0.204. The fourth-order valence-electron chi connectivity index (χ4n) is 2.58. The van der Waals surface area contributed by atoms with Gasteiger partial charge in [-0.1, -0.05) is 40.2 Å². The summed E-state index contributed by atoms with van der Waals surface area (Å²) >= 11 is 3.46. The molecule has 0 bridgehead atoms.